The molecule has 0 saturated carbocycles. The molecule has 0 aliphatic carbocycles. The molecule has 21 heavy (non-hydrogen) atoms. The van der Waals surface area contributed by atoms with Gasteiger partial charge in [-0.1, -0.05) is 30.3 Å². The number of hydrogen-bond acceptors (Lipinski definition) is 4. The summed E-state index contributed by atoms with van der Waals surface area (Å²) in [6, 6.07) is 10.2. The van der Waals surface area contributed by atoms with E-state index in [1.165, 1.54) is 0 Å². The van der Waals surface area contributed by atoms with E-state index in [4.69, 9.17) is 4.99 Å². The second-order valence-electron chi connectivity index (χ2n) is 5.35. The number of amides is 1. The minimum atomic E-state index is -0.0886. The van der Waals surface area contributed by atoms with Crippen molar-refractivity contribution < 1.29 is 4.79 Å². The van der Waals surface area contributed by atoms with E-state index in [1.54, 1.807) is 11.9 Å². The molecule has 2 aliphatic rings. The highest BCUT2D eigenvalue weighted by atomic mass is 16.2. The third-order valence-electron chi connectivity index (χ3n) is 3.93. The number of aromatic amines is 1. The SMILES string of the molecule is Cc1nc2c([nH]1)C(=O)N(C)C1=N[C@@H](c3ccccc3)CN12. The lowest BCUT2D eigenvalue weighted by Gasteiger charge is -2.30. The summed E-state index contributed by atoms with van der Waals surface area (Å²) in [4.78, 5) is 28.2. The van der Waals surface area contributed by atoms with Gasteiger partial charge in [0.1, 0.15) is 11.5 Å². The molecule has 1 N–H and O–H groups in total. The van der Waals surface area contributed by atoms with Crippen molar-refractivity contribution in [3.8, 4) is 0 Å². The van der Waals surface area contributed by atoms with E-state index in [9.17, 15) is 4.79 Å². The number of aliphatic imine (C=N–C) groups is 1. The van der Waals surface area contributed by atoms with E-state index in [2.05, 4.69) is 22.1 Å². The number of nitrogens with one attached hydrogen (secondary N) is 1. The van der Waals surface area contributed by atoms with Gasteiger partial charge in [-0.05, 0) is 12.5 Å². The van der Waals surface area contributed by atoms with Crippen LogP contribution < -0.4 is 4.90 Å². The van der Waals surface area contributed by atoms with Gasteiger partial charge >= 0.3 is 0 Å². The highest BCUT2D eigenvalue weighted by Gasteiger charge is 2.40. The number of H-pyrrole nitrogens is 1. The van der Waals surface area contributed by atoms with Crippen LogP contribution in [0.4, 0.5) is 5.82 Å². The summed E-state index contributed by atoms with van der Waals surface area (Å²) < 4.78 is 0. The van der Waals surface area contributed by atoms with Crippen LogP contribution in [-0.2, 0) is 0 Å². The van der Waals surface area contributed by atoms with Gasteiger partial charge in [-0.25, -0.2) is 9.98 Å². The first-order valence-corrected chi connectivity index (χ1v) is 6.90. The molecule has 0 unspecified atom stereocenters. The number of aromatic nitrogens is 2. The zero-order chi connectivity index (χ0) is 14.6. The van der Waals surface area contributed by atoms with Crippen LogP contribution in [0.25, 0.3) is 0 Å². The summed E-state index contributed by atoms with van der Waals surface area (Å²) in [7, 11) is 1.75. The Balaban J connectivity index is 1.79. The van der Waals surface area contributed by atoms with Crippen molar-refractivity contribution >= 4 is 17.7 Å². The van der Waals surface area contributed by atoms with E-state index in [0.717, 1.165) is 11.4 Å². The molecule has 6 heteroatoms. The van der Waals surface area contributed by atoms with Crippen molar-refractivity contribution in [1.82, 2.24) is 14.9 Å². The number of fused-ring (bicyclic) bond motifs is 3. The normalized spacial score (nSPS) is 20.4. The standard InChI is InChI=1S/C15H15N5O/c1-9-16-12-13(17-9)20-8-11(10-6-4-3-5-7-10)18-15(20)19(2)14(12)21/h3-7,11H,8H2,1-2H3,(H,16,17)/t11-/m1/s1. The zero-order valence-electron chi connectivity index (χ0n) is 11.9. The molecule has 1 amide bonds. The van der Waals surface area contributed by atoms with Crippen LogP contribution in [0.2, 0.25) is 0 Å². The Morgan fingerprint density at radius 3 is 2.81 bits per heavy atom. The maximum atomic E-state index is 12.4. The van der Waals surface area contributed by atoms with Crippen molar-refractivity contribution in [2.45, 2.75) is 13.0 Å². The molecule has 2 aliphatic heterocycles. The van der Waals surface area contributed by atoms with Gasteiger partial charge in [0, 0.05) is 7.05 Å². The Kier molecular flexibility index (Phi) is 2.42. The molecule has 1 aromatic carbocycles. The lowest BCUT2D eigenvalue weighted by molar-refractivity contribution is 0.0860. The second-order valence-corrected chi connectivity index (χ2v) is 5.35. The van der Waals surface area contributed by atoms with Crippen molar-refractivity contribution in [3.63, 3.8) is 0 Å². The van der Waals surface area contributed by atoms with Crippen LogP contribution >= 0.6 is 0 Å². The highest BCUT2D eigenvalue weighted by Crippen LogP contribution is 2.34. The number of benzene rings is 1. The fourth-order valence-corrected chi connectivity index (χ4v) is 2.89. The number of rotatable bonds is 1. The van der Waals surface area contributed by atoms with Crippen LogP contribution in [0.5, 0.6) is 0 Å². The molecule has 6 nitrogen and oxygen atoms in total. The van der Waals surface area contributed by atoms with Crippen molar-refractivity contribution in [1.29, 1.82) is 0 Å². The Morgan fingerprint density at radius 1 is 1.29 bits per heavy atom. The first kappa shape index (κ1) is 12.1. The molecule has 0 spiro atoms. The average molecular weight is 281 g/mol. The van der Waals surface area contributed by atoms with E-state index in [0.29, 0.717) is 24.0 Å². The quantitative estimate of drug-likeness (QED) is 0.865. The number of guanidine groups is 1. The molecule has 1 aromatic heterocycles. The molecule has 1 atom stereocenters. The topological polar surface area (TPSA) is 64.6 Å². The molecular formula is C15H15N5O. The summed E-state index contributed by atoms with van der Waals surface area (Å²) in [5.41, 5.74) is 1.69. The summed E-state index contributed by atoms with van der Waals surface area (Å²) in [6.45, 7) is 2.56. The van der Waals surface area contributed by atoms with Crippen LogP contribution in [0, 0.1) is 6.92 Å². The summed E-state index contributed by atoms with van der Waals surface area (Å²) in [6.07, 6.45) is 0. The molecular weight excluding hydrogens is 266 g/mol. The highest BCUT2D eigenvalue weighted by molar-refractivity contribution is 6.17. The van der Waals surface area contributed by atoms with Crippen LogP contribution in [0.15, 0.2) is 35.3 Å². The van der Waals surface area contributed by atoms with Crippen molar-refractivity contribution in [2.24, 2.45) is 4.99 Å². The number of imidazole rings is 1. The van der Waals surface area contributed by atoms with E-state index >= 15 is 0 Å². The van der Waals surface area contributed by atoms with E-state index in [-0.39, 0.29) is 11.9 Å². The van der Waals surface area contributed by atoms with Crippen molar-refractivity contribution in [3.05, 3.63) is 47.4 Å². The van der Waals surface area contributed by atoms with Gasteiger partial charge in [0.2, 0.25) is 5.96 Å². The van der Waals surface area contributed by atoms with E-state index < -0.39 is 0 Å². The lowest BCUT2D eigenvalue weighted by Crippen LogP contribution is -2.48. The molecule has 3 heterocycles. The lowest BCUT2D eigenvalue weighted by atomic mass is 10.1. The van der Waals surface area contributed by atoms with Gasteiger partial charge in [0.05, 0.1) is 12.6 Å². The maximum absolute atomic E-state index is 12.4. The average Bonchev–Trinajstić information content (AvgIpc) is 3.09. The third kappa shape index (κ3) is 1.68. The second kappa shape index (κ2) is 4.18. The molecule has 0 saturated heterocycles. The zero-order valence-corrected chi connectivity index (χ0v) is 11.9. The maximum Gasteiger partial charge on any atom is 0.280 e. The number of aryl methyl sites for hydroxylation is 1. The number of carbonyl (C=O) groups excluding carboxylic acids is 1. The van der Waals surface area contributed by atoms with Gasteiger partial charge in [0.25, 0.3) is 5.91 Å². The van der Waals surface area contributed by atoms with Gasteiger partial charge in [0.15, 0.2) is 5.82 Å². The van der Waals surface area contributed by atoms with Gasteiger partial charge in [-0.3, -0.25) is 14.6 Å². The molecule has 0 fully saturated rings. The Bertz CT molecular complexity index is 749. The minimum absolute atomic E-state index is 0.0272. The van der Waals surface area contributed by atoms with Crippen LogP contribution in [0.3, 0.4) is 0 Å². The Morgan fingerprint density at radius 2 is 2.05 bits per heavy atom. The summed E-state index contributed by atoms with van der Waals surface area (Å²) in [5, 5.41) is 0. The van der Waals surface area contributed by atoms with Gasteiger partial charge in [-0.2, -0.15) is 0 Å². The fraction of sp³-hybridized carbons (Fsp3) is 0.267. The Labute approximate surface area is 122 Å². The predicted molar refractivity (Wildman–Crippen MR) is 79.4 cm³/mol. The van der Waals surface area contributed by atoms with Gasteiger partial charge < -0.3 is 4.98 Å². The predicted octanol–water partition coefficient (Wildman–Crippen LogP) is 1.72. The minimum Gasteiger partial charge on any atom is -0.336 e. The van der Waals surface area contributed by atoms with Crippen LogP contribution in [-0.4, -0.2) is 40.3 Å². The summed E-state index contributed by atoms with van der Waals surface area (Å²) >= 11 is 0. The molecule has 0 bridgehead atoms. The number of carbonyl (C=O) groups is 1. The Hall–Kier alpha value is -2.63. The summed E-state index contributed by atoms with van der Waals surface area (Å²) in [5.74, 6) is 2.01. The molecule has 4 rings (SSSR count). The first-order chi connectivity index (χ1) is 10.1. The smallest absolute Gasteiger partial charge is 0.280 e. The van der Waals surface area contributed by atoms with Crippen molar-refractivity contribution in [2.75, 3.05) is 18.5 Å². The molecule has 106 valence electrons. The number of anilines is 1. The third-order valence-corrected chi connectivity index (χ3v) is 3.93. The largest absolute Gasteiger partial charge is 0.336 e. The van der Waals surface area contributed by atoms with Gasteiger partial charge in [-0.15, -0.1) is 0 Å². The monoisotopic (exact) mass is 281 g/mol. The van der Waals surface area contributed by atoms with Crippen LogP contribution in [0.1, 0.15) is 27.9 Å². The number of nitrogens with zero attached hydrogens (tertiary/aromatic N) is 4. The molecule has 0 radical (unpaired) electrons. The first-order valence-electron chi connectivity index (χ1n) is 6.90. The van der Waals surface area contributed by atoms with E-state index in [1.807, 2.05) is 30.0 Å². The molecule has 2 aromatic rings. The fourth-order valence-electron chi connectivity index (χ4n) is 2.89. The number of hydrogen-bond donors (Lipinski definition) is 1.